The second-order valence-electron chi connectivity index (χ2n) is 14.2. The molecule has 0 radical (unpaired) electrons. The Kier molecular flexibility index (Phi) is 13.7. The molecule has 2 atom stereocenters. The van der Waals surface area contributed by atoms with Crippen molar-refractivity contribution in [1.82, 2.24) is 9.62 Å². The van der Waals surface area contributed by atoms with Crippen molar-refractivity contribution in [2.24, 2.45) is 5.92 Å². The van der Waals surface area contributed by atoms with E-state index in [1.54, 1.807) is 23.9 Å². The maximum Gasteiger partial charge on any atom is 0.293 e. The molecule has 12 heteroatoms. The fraction of sp³-hybridized carbons (Fsp3) is 0.250. The molecule has 290 valence electrons. The normalized spacial score (nSPS) is 14.9. The van der Waals surface area contributed by atoms with Gasteiger partial charge in [-0.3, -0.25) is 14.9 Å². The third-order valence-electron chi connectivity index (χ3n) is 9.90. The Balaban J connectivity index is 1.08. The number of rotatable bonds is 16. The van der Waals surface area contributed by atoms with Crippen molar-refractivity contribution in [1.29, 1.82) is 0 Å². The molecule has 2 N–H and O–H groups in total. The van der Waals surface area contributed by atoms with E-state index in [0.29, 0.717) is 23.1 Å². The first-order valence-corrected chi connectivity index (χ1v) is 21.4. The van der Waals surface area contributed by atoms with Crippen molar-refractivity contribution in [2.75, 3.05) is 31.7 Å². The van der Waals surface area contributed by atoms with Crippen molar-refractivity contribution in [3.63, 3.8) is 0 Å². The molecule has 1 aliphatic rings. The van der Waals surface area contributed by atoms with E-state index in [2.05, 4.69) is 52.5 Å². The number of hydrogen-bond donors (Lipinski definition) is 2. The van der Waals surface area contributed by atoms with E-state index in [0.717, 1.165) is 54.3 Å². The highest BCUT2D eigenvalue weighted by molar-refractivity contribution is 7.99. The van der Waals surface area contributed by atoms with Gasteiger partial charge in [0.25, 0.3) is 21.6 Å². The number of thioether (sulfide) groups is 1. The van der Waals surface area contributed by atoms with Gasteiger partial charge in [0, 0.05) is 33.3 Å². The van der Waals surface area contributed by atoms with Crippen molar-refractivity contribution in [3.05, 3.63) is 159 Å². The number of sulfonamides is 1. The van der Waals surface area contributed by atoms with Gasteiger partial charge < -0.3 is 10.2 Å². The van der Waals surface area contributed by atoms with Gasteiger partial charge in [0.15, 0.2) is 0 Å². The highest BCUT2D eigenvalue weighted by Crippen LogP contribution is 2.35. The Morgan fingerprint density at radius 3 is 2.30 bits per heavy atom. The van der Waals surface area contributed by atoms with Crippen molar-refractivity contribution in [3.8, 4) is 11.1 Å². The number of halogens is 1. The van der Waals surface area contributed by atoms with Crippen LogP contribution in [-0.2, 0) is 16.4 Å². The van der Waals surface area contributed by atoms with E-state index in [-0.39, 0.29) is 22.2 Å². The lowest BCUT2D eigenvalue weighted by molar-refractivity contribution is -0.384. The summed E-state index contributed by atoms with van der Waals surface area (Å²) in [6.45, 7) is 0.750. The second-order valence-corrected chi connectivity index (χ2v) is 17.5. The molecule has 0 saturated heterocycles. The molecular weight excluding hydrogens is 764 g/mol. The summed E-state index contributed by atoms with van der Waals surface area (Å²) in [6, 6.07) is 36.7. The lowest BCUT2D eigenvalue weighted by Gasteiger charge is -2.23. The van der Waals surface area contributed by atoms with Crippen LogP contribution in [0, 0.1) is 16.0 Å². The van der Waals surface area contributed by atoms with Crippen molar-refractivity contribution >= 4 is 56.2 Å². The fourth-order valence-electron chi connectivity index (χ4n) is 6.83. The minimum Gasteiger partial charge on any atom is -0.376 e. The standard InChI is InChI=1S/C44H45ClN4O5S2/c1-48(2)27-26-38(30-55-39-9-4-3-5-10-39)46-42-25-24-40(29-43(42)49(51)52)56(53,54)47-44(50)35-18-16-33(17-19-35)32-14-12-31(13-15-32)28-36-8-6-7-11-41(36)34-20-22-37(45)23-21-34/h3-11,14,16-25,29,31,38,46H,12-13,15,26-28,30H2,1-2H3,(H,47,50)/t31?,38-/m1/s1. The molecule has 0 spiro atoms. The number of anilines is 1. The minimum atomic E-state index is -4.42. The SMILES string of the molecule is CN(C)CC[C@H](CSc1ccccc1)Nc1ccc(S(=O)(=O)NC(=O)c2ccc(C3=CCC(Cc4ccccc4-c4ccc(Cl)cc4)CC3)cc2)cc1[N+](=O)[O-]. The van der Waals surface area contributed by atoms with Crippen molar-refractivity contribution < 1.29 is 18.1 Å². The van der Waals surface area contributed by atoms with E-state index < -0.39 is 26.5 Å². The Bertz CT molecular complexity index is 2280. The summed E-state index contributed by atoms with van der Waals surface area (Å²) >= 11 is 7.75. The molecule has 0 heterocycles. The predicted octanol–water partition coefficient (Wildman–Crippen LogP) is 9.98. The first-order valence-electron chi connectivity index (χ1n) is 18.5. The zero-order valence-corrected chi connectivity index (χ0v) is 33.7. The average molecular weight is 809 g/mol. The summed E-state index contributed by atoms with van der Waals surface area (Å²) in [5.74, 6) is 0.314. The van der Waals surface area contributed by atoms with Gasteiger partial charge in [-0.25, -0.2) is 13.1 Å². The largest absolute Gasteiger partial charge is 0.376 e. The topological polar surface area (TPSA) is 122 Å². The lowest BCUT2D eigenvalue weighted by Crippen LogP contribution is -2.31. The number of carbonyl (C=O) groups excluding carboxylic acids is 1. The molecule has 1 unspecified atom stereocenters. The Morgan fingerprint density at radius 2 is 1.62 bits per heavy atom. The number of amides is 1. The maximum absolute atomic E-state index is 13.4. The number of carbonyl (C=O) groups is 1. The highest BCUT2D eigenvalue weighted by Gasteiger charge is 2.26. The molecule has 56 heavy (non-hydrogen) atoms. The van der Waals surface area contributed by atoms with Crippen LogP contribution in [0.5, 0.6) is 0 Å². The average Bonchev–Trinajstić information content (AvgIpc) is 3.20. The smallest absolute Gasteiger partial charge is 0.293 e. The molecule has 1 aliphatic carbocycles. The molecule has 5 aromatic rings. The van der Waals surface area contributed by atoms with Gasteiger partial charge >= 0.3 is 0 Å². The quantitative estimate of drug-likeness (QED) is 0.0574. The summed E-state index contributed by atoms with van der Waals surface area (Å²) < 4.78 is 28.8. The van der Waals surface area contributed by atoms with E-state index >= 15 is 0 Å². The molecule has 9 nitrogen and oxygen atoms in total. The first kappa shape index (κ1) is 40.7. The van der Waals surface area contributed by atoms with E-state index in [1.165, 1.54) is 28.8 Å². The van der Waals surface area contributed by atoms with Crippen LogP contribution in [0.4, 0.5) is 11.4 Å². The van der Waals surface area contributed by atoms with Crippen LogP contribution in [-0.4, -0.2) is 56.6 Å². The van der Waals surface area contributed by atoms with Crippen LogP contribution in [0.25, 0.3) is 16.7 Å². The van der Waals surface area contributed by atoms with Gasteiger partial charge in [-0.05, 0) is 135 Å². The monoisotopic (exact) mass is 808 g/mol. The number of nitro groups is 1. The maximum atomic E-state index is 13.4. The van der Waals surface area contributed by atoms with Gasteiger partial charge in [-0.15, -0.1) is 11.8 Å². The number of allylic oxidation sites excluding steroid dienone is 2. The van der Waals surface area contributed by atoms with Gasteiger partial charge in [0.05, 0.1) is 9.82 Å². The van der Waals surface area contributed by atoms with Gasteiger partial charge in [0.1, 0.15) is 5.69 Å². The molecule has 5 aromatic carbocycles. The third-order valence-corrected chi connectivity index (χ3v) is 12.7. The number of nitro benzene ring substituents is 1. The van der Waals surface area contributed by atoms with E-state index in [4.69, 9.17) is 11.6 Å². The van der Waals surface area contributed by atoms with Crippen molar-refractivity contribution in [2.45, 2.75) is 47.9 Å². The number of hydrogen-bond acceptors (Lipinski definition) is 8. The molecule has 0 aromatic heterocycles. The highest BCUT2D eigenvalue weighted by atomic mass is 35.5. The van der Waals surface area contributed by atoms with Crippen LogP contribution in [0.1, 0.15) is 47.2 Å². The summed E-state index contributed by atoms with van der Waals surface area (Å²) in [7, 11) is -0.502. The molecule has 0 fully saturated rings. The summed E-state index contributed by atoms with van der Waals surface area (Å²) in [5, 5.41) is 16.2. The van der Waals surface area contributed by atoms with Gasteiger partial charge in [-0.1, -0.05) is 84.4 Å². The van der Waals surface area contributed by atoms with Crippen LogP contribution >= 0.6 is 23.4 Å². The van der Waals surface area contributed by atoms with E-state index in [1.807, 2.05) is 73.6 Å². The fourth-order valence-corrected chi connectivity index (χ4v) is 8.94. The summed E-state index contributed by atoms with van der Waals surface area (Å²) in [4.78, 5) is 27.5. The van der Waals surface area contributed by atoms with Crippen LogP contribution in [0.3, 0.4) is 0 Å². The summed E-state index contributed by atoms with van der Waals surface area (Å²) in [6.07, 6.45) is 6.76. The zero-order chi connectivity index (χ0) is 39.7. The number of benzene rings is 5. The van der Waals surface area contributed by atoms with Crippen LogP contribution in [0.15, 0.2) is 137 Å². The van der Waals surface area contributed by atoms with Gasteiger partial charge in [0.2, 0.25) is 0 Å². The lowest BCUT2D eigenvalue weighted by atomic mass is 9.82. The Morgan fingerprint density at radius 1 is 0.929 bits per heavy atom. The Labute approximate surface area is 338 Å². The van der Waals surface area contributed by atoms with E-state index in [9.17, 15) is 23.3 Å². The zero-order valence-electron chi connectivity index (χ0n) is 31.4. The third kappa shape index (κ3) is 10.9. The van der Waals surface area contributed by atoms with Crippen LogP contribution in [0.2, 0.25) is 5.02 Å². The molecule has 0 saturated carbocycles. The molecule has 0 aliphatic heterocycles. The molecule has 6 rings (SSSR count). The number of nitrogens with zero attached hydrogens (tertiary/aromatic N) is 2. The predicted molar refractivity (Wildman–Crippen MR) is 228 cm³/mol. The Hall–Kier alpha value is -4.94. The number of nitrogens with one attached hydrogen (secondary N) is 2. The van der Waals surface area contributed by atoms with Crippen LogP contribution < -0.4 is 10.0 Å². The second kappa shape index (κ2) is 18.8. The summed E-state index contributed by atoms with van der Waals surface area (Å²) in [5.41, 5.74) is 5.83. The molecular formula is C44H45ClN4O5S2. The minimum absolute atomic E-state index is 0.138. The first-order chi connectivity index (χ1) is 26.9. The van der Waals surface area contributed by atoms with Gasteiger partial charge in [-0.2, -0.15) is 0 Å². The molecule has 0 bridgehead atoms. The molecule has 1 amide bonds.